The van der Waals surface area contributed by atoms with E-state index in [-0.39, 0.29) is 6.04 Å². The van der Waals surface area contributed by atoms with E-state index in [0.29, 0.717) is 53.9 Å². The Balaban J connectivity index is 0.827. The molecule has 10 atom stereocenters. The topological polar surface area (TPSA) is 13.0 Å². The smallest absolute Gasteiger partial charge is 0.0626 e. The first-order valence-electron chi connectivity index (χ1n) is 25.4. The van der Waals surface area contributed by atoms with Crippen molar-refractivity contribution in [3.8, 4) is 11.1 Å². The molecule has 0 amide bonds. The van der Waals surface area contributed by atoms with Crippen LogP contribution in [0, 0.1) is 17.8 Å². The maximum absolute atomic E-state index is 2.96. The predicted molar refractivity (Wildman–Crippen MR) is 274 cm³/mol. The maximum atomic E-state index is 2.96. The molecule has 0 spiro atoms. The van der Waals surface area contributed by atoms with Crippen LogP contribution < -0.4 is 14.7 Å². The molecule has 0 N–H and O–H groups in total. The maximum Gasteiger partial charge on any atom is 0.0626 e. The molecule has 9 aliphatic rings. The third kappa shape index (κ3) is 7.50. The molecular formula is C61H66N4. The van der Waals surface area contributed by atoms with Crippen molar-refractivity contribution in [2.75, 3.05) is 14.7 Å². The zero-order valence-corrected chi connectivity index (χ0v) is 38.3. The van der Waals surface area contributed by atoms with E-state index in [2.05, 4.69) is 203 Å². The zero-order valence-electron chi connectivity index (χ0n) is 38.3. The van der Waals surface area contributed by atoms with Crippen LogP contribution in [0.3, 0.4) is 0 Å². The average Bonchev–Trinajstić information content (AvgIpc) is 3.88. The van der Waals surface area contributed by atoms with E-state index in [1.807, 2.05) is 0 Å². The van der Waals surface area contributed by atoms with Crippen LogP contribution >= 0.6 is 0 Å². The van der Waals surface area contributed by atoms with Gasteiger partial charge in [0.2, 0.25) is 0 Å². The highest BCUT2D eigenvalue weighted by Crippen LogP contribution is 2.52. The molecule has 330 valence electrons. The Morgan fingerprint density at radius 1 is 0.600 bits per heavy atom. The molecule has 0 aromatic heterocycles. The lowest BCUT2D eigenvalue weighted by atomic mass is 9.70. The van der Waals surface area contributed by atoms with Crippen LogP contribution in [-0.2, 0) is 0 Å². The van der Waals surface area contributed by atoms with Crippen molar-refractivity contribution in [2.24, 2.45) is 17.8 Å². The minimum absolute atomic E-state index is 0.249. The first kappa shape index (κ1) is 40.9. The van der Waals surface area contributed by atoms with Gasteiger partial charge in [-0.3, -0.25) is 4.90 Å². The van der Waals surface area contributed by atoms with Gasteiger partial charge >= 0.3 is 0 Å². The SMILES string of the molecule is CC1CC2C(CC1N(C1=CCCC=C1)c1ccc(-c3ccc(N(c4ccc5c(c4)C4C=CC=CC4N5C4=CCCCC4)C4C=CC=CC4)cc3)cc1)C1C=CC=C[C@@H]1N2C1C=CCCC1. The second-order valence-corrected chi connectivity index (χ2v) is 20.4. The molecule has 0 bridgehead atoms. The fourth-order valence-corrected chi connectivity index (χ4v) is 13.6. The third-order valence-electron chi connectivity index (χ3n) is 16.6. The van der Waals surface area contributed by atoms with Crippen molar-refractivity contribution in [1.29, 1.82) is 0 Å². The van der Waals surface area contributed by atoms with Crippen molar-refractivity contribution < 1.29 is 0 Å². The van der Waals surface area contributed by atoms with Crippen molar-refractivity contribution in [2.45, 2.75) is 126 Å². The molecule has 1 saturated carbocycles. The molecule has 65 heavy (non-hydrogen) atoms. The molecule has 3 aromatic carbocycles. The summed E-state index contributed by atoms with van der Waals surface area (Å²) in [6.07, 6.45) is 57.5. The standard InChI is InChI=1S/C61H66N4/c1-43-40-61-56(54-27-15-17-29-58(54)65(61)49-24-12-5-13-25-49)42-60(43)63(47-20-8-3-9-21-47)51-36-32-45(33-37-51)44-30-34-50(35-31-44)62(46-18-6-2-7-19-46)52-38-39-59-55(41-52)53-26-14-16-28-57(53)64(59)48-22-10-4-11-23-48/h2,6-8,12,14-18,20-22,24,26-39,41,43,46,49,53-54,56-58,60-61H,3-5,9-11,13,19,23,25,40,42H2,1H3/t43?,46?,49?,53?,54?,56?,57?,58-,60?,61?/m0/s1. The molecule has 4 nitrogen and oxygen atoms in total. The Labute approximate surface area is 388 Å². The van der Waals surface area contributed by atoms with Gasteiger partial charge < -0.3 is 14.7 Å². The van der Waals surface area contributed by atoms with Crippen molar-refractivity contribution in [1.82, 2.24) is 4.90 Å². The highest BCUT2D eigenvalue weighted by atomic mass is 15.3. The molecule has 2 aliphatic heterocycles. The van der Waals surface area contributed by atoms with Crippen LogP contribution in [0.2, 0.25) is 0 Å². The summed E-state index contributed by atoms with van der Waals surface area (Å²) in [4.78, 5) is 10.9. The summed E-state index contributed by atoms with van der Waals surface area (Å²) in [6.45, 7) is 2.55. The number of hydrogen-bond acceptors (Lipinski definition) is 4. The highest BCUT2D eigenvalue weighted by Gasteiger charge is 2.53. The molecular weight excluding hydrogens is 789 g/mol. The van der Waals surface area contributed by atoms with Gasteiger partial charge in [0.05, 0.1) is 12.1 Å². The van der Waals surface area contributed by atoms with E-state index in [1.165, 1.54) is 109 Å². The van der Waals surface area contributed by atoms with Gasteiger partial charge in [-0.2, -0.15) is 0 Å². The largest absolute Gasteiger partial charge is 0.338 e. The zero-order chi connectivity index (χ0) is 43.3. The van der Waals surface area contributed by atoms with Gasteiger partial charge in [0, 0.05) is 70.1 Å². The van der Waals surface area contributed by atoms with Gasteiger partial charge in [-0.25, -0.2) is 0 Å². The van der Waals surface area contributed by atoms with Crippen LogP contribution in [-0.4, -0.2) is 41.2 Å². The fraction of sp³-hybridized carbons (Fsp3) is 0.377. The average molecular weight is 855 g/mol. The second-order valence-electron chi connectivity index (χ2n) is 20.4. The molecule has 12 rings (SSSR count). The number of nitrogens with zero attached hydrogens (tertiary/aromatic N) is 4. The second kappa shape index (κ2) is 17.7. The minimum atomic E-state index is 0.249. The Morgan fingerprint density at radius 3 is 2.11 bits per heavy atom. The first-order chi connectivity index (χ1) is 32.2. The van der Waals surface area contributed by atoms with Crippen LogP contribution in [0.25, 0.3) is 11.1 Å². The number of benzene rings is 3. The molecule has 2 heterocycles. The molecule has 0 radical (unpaired) electrons. The summed E-state index contributed by atoms with van der Waals surface area (Å²) in [5.74, 6) is 2.20. The van der Waals surface area contributed by atoms with E-state index in [4.69, 9.17) is 0 Å². The Bertz CT molecular complexity index is 2560. The van der Waals surface area contributed by atoms with Gasteiger partial charge in [0.1, 0.15) is 0 Å². The van der Waals surface area contributed by atoms with Gasteiger partial charge in [-0.1, -0.05) is 134 Å². The Hall–Kier alpha value is -5.58. The summed E-state index contributed by atoms with van der Waals surface area (Å²) in [5.41, 5.74) is 12.1. The van der Waals surface area contributed by atoms with E-state index < -0.39 is 0 Å². The fourth-order valence-electron chi connectivity index (χ4n) is 13.6. The summed E-state index contributed by atoms with van der Waals surface area (Å²) in [6, 6.07) is 29.1. The summed E-state index contributed by atoms with van der Waals surface area (Å²) < 4.78 is 0. The quantitative estimate of drug-likeness (QED) is 0.199. The van der Waals surface area contributed by atoms with Crippen LogP contribution in [0.4, 0.5) is 22.7 Å². The Morgan fingerprint density at radius 2 is 1.37 bits per heavy atom. The third-order valence-corrected chi connectivity index (χ3v) is 16.6. The van der Waals surface area contributed by atoms with Crippen LogP contribution in [0.15, 0.2) is 187 Å². The van der Waals surface area contributed by atoms with Crippen molar-refractivity contribution in [3.63, 3.8) is 0 Å². The van der Waals surface area contributed by atoms with Gasteiger partial charge in [-0.05, 0) is 154 Å². The van der Waals surface area contributed by atoms with Crippen LogP contribution in [0.1, 0.15) is 95.5 Å². The van der Waals surface area contributed by atoms with E-state index >= 15 is 0 Å². The van der Waals surface area contributed by atoms with Gasteiger partial charge in [0.15, 0.2) is 0 Å². The molecule has 9 unspecified atom stereocenters. The lowest BCUT2D eigenvalue weighted by molar-refractivity contribution is 0.0984. The van der Waals surface area contributed by atoms with E-state index in [1.54, 1.807) is 0 Å². The van der Waals surface area contributed by atoms with E-state index in [9.17, 15) is 0 Å². The number of likely N-dealkylation sites (tertiary alicyclic amines) is 1. The van der Waals surface area contributed by atoms with E-state index in [0.717, 1.165) is 19.3 Å². The predicted octanol–water partition coefficient (Wildman–Crippen LogP) is 14.6. The lowest BCUT2D eigenvalue weighted by Gasteiger charge is -2.47. The number of hydrogen-bond donors (Lipinski definition) is 0. The van der Waals surface area contributed by atoms with Gasteiger partial charge in [0.25, 0.3) is 0 Å². The molecule has 7 aliphatic carbocycles. The van der Waals surface area contributed by atoms with Crippen molar-refractivity contribution >= 4 is 22.7 Å². The summed E-state index contributed by atoms with van der Waals surface area (Å²) >= 11 is 0. The minimum Gasteiger partial charge on any atom is -0.338 e. The number of fused-ring (bicyclic) bond motifs is 6. The summed E-state index contributed by atoms with van der Waals surface area (Å²) in [5, 5.41) is 0. The van der Waals surface area contributed by atoms with Crippen LogP contribution in [0.5, 0.6) is 0 Å². The van der Waals surface area contributed by atoms with Gasteiger partial charge in [-0.15, -0.1) is 0 Å². The monoisotopic (exact) mass is 855 g/mol. The summed E-state index contributed by atoms with van der Waals surface area (Å²) in [7, 11) is 0. The normalized spacial score (nSPS) is 31.9. The highest BCUT2D eigenvalue weighted by molar-refractivity contribution is 5.77. The Kier molecular flexibility index (Phi) is 11.1. The number of rotatable bonds is 9. The lowest BCUT2D eigenvalue weighted by Crippen LogP contribution is -2.51. The molecule has 4 heteroatoms. The number of allylic oxidation sites excluding steroid dienone is 12. The molecule has 1 saturated heterocycles. The number of anilines is 4. The van der Waals surface area contributed by atoms with Crippen molar-refractivity contribution in [3.05, 3.63) is 193 Å². The molecule has 2 fully saturated rings. The molecule has 3 aromatic rings. The first-order valence-corrected chi connectivity index (χ1v) is 25.4.